The highest BCUT2D eigenvalue weighted by molar-refractivity contribution is 9.09. The third kappa shape index (κ3) is 12.6. The van der Waals surface area contributed by atoms with E-state index in [9.17, 15) is 10.2 Å². The Bertz CT molecular complexity index is 922. The van der Waals surface area contributed by atoms with Crippen molar-refractivity contribution in [3.63, 3.8) is 0 Å². The van der Waals surface area contributed by atoms with Gasteiger partial charge in [0, 0.05) is 34.5 Å². The van der Waals surface area contributed by atoms with E-state index in [0.717, 1.165) is 42.1 Å². The van der Waals surface area contributed by atoms with Crippen LogP contribution in [0.25, 0.3) is 0 Å². The van der Waals surface area contributed by atoms with E-state index in [-0.39, 0.29) is 11.5 Å². The number of aromatic hydroxyl groups is 2. The van der Waals surface area contributed by atoms with Gasteiger partial charge >= 0.3 is 0 Å². The van der Waals surface area contributed by atoms with Gasteiger partial charge in [-0.15, -0.1) is 0 Å². The standard InChI is InChI=1S/C27H36Br2N2O4/c28-13-5-1-3-7-15-34-21-22-9-10-23(26(32)17-22)19-30-31-20-24-11-12-25(18-27(24)33)35-16-8-4-2-6-14-29/h9-12,17-20,32-33H,1-8,13-16,21H2/b30-19+,31-20+. The summed E-state index contributed by atoms with van der Waals surface area (Å²) in [4.78, 5) is 0. The number of phenolic OH excluding ortho intramolecular Hbond substituents is 2. The lowest BCUT2D eigenvalue weighted by molar-refractivity contribution is 0.116. The smallest absolute Gasteiger partial charge is 0.128 e. The summed E-state index contributed by atoms with van der Waals surface area (Å²) in [7, 11) is 0. The third-order valence-electron chi connectivity index (χ3n) is 5.29. The number of ether oxygens (including phenoxy) is 2. The fraction of sp³-hybridized carbons (Fsp3) is 0.481. The molecule has 0 unspecified atom stereocenters. The molecular weight excluding hydrogens is 576 g/mol. The van der Waals surface area contributed by atoms with Crippen molar-refractivity contribution in [3.05, 3.63) is 53.1 Å². The molecule has 192 valence electrons. The lowest BCUT2D eigenvalue weighted by atomic mass is 10.1. The Kier molecular flexibility index (Phi) is 15.4. The highest BCUT2D eigenvalue weighted by atomic mass is 79.9. The van der Waals surface area contributed by atoms with Crippen LogP contribution >= 0.6 is 31.9 Å². The Hall–Kier alpha value is -1.90. The van der Waals surface area contributed by atoms with Crippen molar-refractivity contribution in [1.82, 2.24) is 0 Å². The molecule has 0 saturated carbocycles. The number of halogens is 2. The molecule has 0 aromatic heterocycles. The van der Waals surface area contributed by atoms with E-state index in [1.807, 2.05) is 6.07 Å². The minimum atomic E-state index is 0.0797. The first-order valence-electron chi connectivity index (χ1n) is 12.2. The average molecular weight is 612 g/mol. The quantitative estimate of drug-likeness (QED) is 0.0798. The molecular formula is C27H36Br2N2O4. The molecule has 35 heavy (non-hydrogen) atoms. The molecule has 2 aromatic carbocycles. The summed E-state index contributed by atoms with van der Waals surface area (Å²) in [6.07, 6.45) is 12.0. The fourth-order valence-corrected chi connectivity index (χ4v) is 4.08. The zero-order valence-electron chi connectivity index (χ0n) is 20.2. The lowest BCUT2D eigenvalue weighted by Gasteiger charge is -2.07. The van der Waals surface area contributed by atoms with Gasteiger partial charge in [0.2, 0.25) is 0 Å². The molecule has 0 atom stereocenters. The number of nitrogens with zero attached hydrogens (tertiary/aromatic N) is 2. The molecule has 2 N–H and O–H groups in total. The van der Waals surface area contributed by atoms with E-state index in [0.29, 0.717) is 30.1 Å². The van der Waals surface area contributed by atoms with Crippen LogP contribution in [0.5, 0.6) is 17.2 Å². The predicted molar refractivity (Wildman–Crippen MR) is 151 cm³/mol. The maximum Gasteiger partial charge on any atom is 0.128 e. The molecule has 0 heterocycles. The Balaban J connectivity index is 1.76. The molecule has 0 aliphatic carbocycles. The van der Waals surface area contributed by atoms with Gasteiger partial charge in [-0.1, -0.05) is 63.6 Å². The van der Waals surface area contributed by atoms with E-state index in [4.69, 9.17) is 9.47 Å². The van der Waals surface area contributed by atoms with Crippen LogP contribution in [-0.2, 0) is 11.3 Å². The monoisotopic (exact) mass is 610 g/mol. The molecule has 2 rings (SSSR count). The first-order valence-corrected chi connectivity index (χ1v) is 14.4. The summed E-state index contributed by atoms with van der Waals surface area (Å²) >= 11 is 6.87. The van der Waals surface area contributed by atoms with Gasteiger partial charge in [0.05, 0.1) is 25.6 Å². The van der Waals surface area contributed by atoms with Crippen LogP contribution < -0.4 is 4.74 Å². The van der Waals surface area contributed by atoms with Crippen LogP contribution in [0.4, 0.5) is 0 Å². The molecule has 8 heteroatoms. The largest absolute Gasteiger partial charge is 0.507 e. The number of benzene rings is 2. The zero-order chi connectivity index (χ0) is 25.1. The van der Waals surface area contributed by atoms with Gasteiger partial charge in [-0.25, -0.2) is 0 Å². The Morgan fingerprint density at radius 2 is 1.26 bits per heavy atom. The lowest BCUT2D eigenvalue weighted by Crippen LogP contribution is -1.97. The van der Waals surface area contributed by atoms with Crippen molar-refractivity contribution in [1.29, 1.82) is 0 Å². The topological polar surface area (TPSA) is 83.6 Å². The van der Waals surface area contributed by atoms with Gasteiger partial charge in [-0.05, 0) is 55.5 Å². The number of hydrogen-bond acceptors (Lipinski definition) is 6. The summed E-state index contributed by atoms with van der Waals surface area (Å²) in [5, 5.41) is 30.5. The second-order valence-corrected chi connectivity index (χ2v) is 9.80. The Labute approximate surface area is 225 Å². The van der Waals surface area contributed by atoms with E-state index in [1.165, 1.54) is 44.5 Å². The number of unbranched alkanes of at least 4 members (excludes halogenated alkanes) is 6. The van der Waals surface area contributed by atoms with Crippen LogP contribution in [0.2, 0.25) is 0 Å². The molecule has 0 bridgehead atoms. The van der Waals surface area contributed by atoms with Crippen molar-refractivity contribution < 1.29 is 19.7 Å². The van der Waals surface area contributed by atoms with Crippen molar-refractivity contribution in [2.45, 2.75) is 58.0 Å². The molecule has 2 aromatic rings. The average Bonchev–Trinajstić information content (AvgIpc) is 2.85. The van der Waals surface area contributed by atoms with Gasteiger partial charge in [0.1, 0.15) is 17.2 Å². The summed E-state index contributed by atoms with van der Waals surface area (Å²) in [5.74, 6) is 0.835. The van der Waals surface area contributed by atoms with Gasteiger partial charge in [-0.2, -0.15) is 10.2 Å². The van der Waals surface area contributed by atoms with Crippen molar-refractivity contribution in [2.75, 3.05) is 23.9 Å². The van der Waals surface area contributed by atoms with Crippen molar-refractivity contribution >= 4 is 44.3 Å². The van der Waals surface area contributed by atoms with E-state index < -0.39 is 0 Å². The minimum absolute atomic E-state index is 0.0797. The minimum Gasteiger partial charge on any atom is -0.507 e. The molecule has 0 saturated heterocycles. The normalized spacial score (nSPS) is 11.6. The predicted octanol–water partition coefficient (Wildman–Crippen LogP) is 7.36. The maximum atomic E-state index is 10.3. The number of phenols is 2. The van der Waals surface area contributed by atoms with Gasteiger partial charge in [-0.3, -0.25) is 0 Å². The van der Waals surface area contributed by atoms with E-state index in [1.54, 1.807) is 30.3 Å². The second kappa shape index (κ2) is 18.4. The zero-order valence-corrected chi connectivity index (χ0v) is 23.3. The summed E-state index contributed by atoms with van der Waals surface area (Å²) in [6, 6.07) is 10.5. The summed E-state index contributed by atoms with van der Waals surface area (Å²) < 4.78 is 11.4. The van der Waals surface area contributed by atoms with Crippen LogP contribution in [0, 0.1) is 0 Å². The molecule has 0 fully saturated rings. The fourth-order valence-electron chi connectivity index (χ4n) is 3.28. The molecule has 0 spiro atoms. The van der Waals surface area contributed by atoms with E-state index in [2.05, 4.69) is 42.1 Å². The van der Waals surface area contributed by atoms with Crippen molar-refractivity contribution in [2.24, 2.45) is 10.2 Å². The number of alkyl halides is 2. The number of rotatable bonds is 18. The molecule has 6 nitrogen and oxygen atoms in total. The Morgan fingerprint density at radius 1 is 0.686 bits per heavy atom. The Morgan fingerprint density at radius 3 is 1.86 bits per heavy atom. The van der Waals surface area contributed by atoms with Crippen LogP contribution in [0.3, 0.4) is 0 Å². The van der Waals surface area contributed by atoms with Gasteiger partial charge in [0.25, 0.3) is 0 Å². The van der Waals surface area contributed by atoms with Crippen LogP contribution in [0.15, 0.2) is 46.6 Å². The molecule has 0 aliphatic rings. The highest BCUT2D eigenvalue weighted by Crippen LogP contribution is 2.23. The first kappa shape index (κ1) is 29.3. The van der Waals surface area contributed by atoms with Crippen molar-refractivity contribution in [3.8, 4) is 17.2 Å². The second-order valence-electron chi connectivity index (χ2n) is 8.21. The van der Waals surface area contributed by atoms with E-state index >= 15 is 0 Å². The van der Waals surface area contributed by atoms with Crippen LogP contribution in [0.1, 0.15) is 68.1 Å². The first-order chi connectivity index (χ1) is 17.1. The highest BCUT2D eigenvalue weighted by Gasteiger charge is 2.03. The molecule has 0 radical (unpaired) electrons. The SMILES string of the molecule is Oc1cc(COCCCCCCBr)ccc1/C=N/N=C/c1ccc(OCCCCCCBr)cc1O. The number of hydrogen-bond donors (Lipinski definition) is 2. The third-order valence-corrected chi connectivity index (χ3v) is 6.42. The summed E-state index contributed by atoms with van der Waals surface area (Å²) in [5.41, 5.74) is 2.01. The molecule has 0 amide bonds. The van der Waals surface area contributed by atoms with Gasteiger partial charge in [0.15, 0.2) is 0 Å². The molecule has 0 aliphatic heterocycles. The summed E-state index contributed by atoms with van der Waals surface area (Å²) in [6.45, 7) is 1.82. The van der Waals surface area contributed by atoms with Gasteiger partial charge < -0.3 is 19.7 Å². The van der Waals surface area contributed by atoms with Crippen LogP contribution in [-0.4, -0.2) is 46.5 Å². The maximum absolute atomic E-state index is 10.3.